The standard InChI is InChI=1S/C11H18N4O2/c1-9-6-13-15(7-9)4-3-12-11(16)14-10-2-5-17-8-10/h6-7,10H,2-5,8H2,1H3,(H2,12,14,16). The van der Waals surface area contributed by atoms with Crippen LogP contribution in [0.4, 0.5) is 4.79 Å². The zero-order valence-corrected chi connectivity index (χ0v) is 9.98. The van der Waals surface area contributed by atoms with Crippen molar-refractivity contribution in [3.63, 3.8) is 0 Å². The van der Waals surface area contributed by atoms with Crippen LogP contribution in [0.25, 0.3) is 0 Å². The molecule has 1 aliphatic heterocycles. The summed E-state index contributed by atoms with van der Waals surface area (Å²) in [6.07, 6.45) is 4.64. The summed E-state index contributed by atoms with van der Waals surface area (Å²) < 4.78 is 6.99. The van der Waals surface area contributed by atoms with Crippen LogP contribution < -0.4 is 10.6 Å². The summed E-state index contributed by atoms with van der Waals surface area (Å²) in [6, 6.07) is 0.0197. The quantitative estimate of drug-likeness (QED) is 0.791. The molecule has 2 N–H and O–H groups in total. The molecule has 1 aromatic heterocycles. The number of ether oxygens (including phenoxy) is 1. The maximum atomic E-state index is 11.5. The van der Waals surface area contributed by atoms with E-state index in [0.717, 1.165) is 18.6 Å². The van der Waals surface area contributed by atoms with Crippen LogP contribution >= 0.6 is 0 Å². The van der Waals surface area contributed by atoms with Crippen molar-refractivity contribution in [1.82, 2.24) is 20.4 Å². The third-order valence-electron chi connectivity index (χ3n) is 2.65. The minimum atomic E-state index is -0.135. The molecule has 0 aromatic carbocycles. The molecule has 1 atom stereocenters. The Morgan fingerprint density at radius 3 is 3.24 bits per heavy atom. The van der Waals surface area contributed by atoms with Crippen molar-refractivity contribution in [1.29, 1.82) is 0 Å². The Hall–Kier alpha value is -1.56. The van der Waals surface area contributed by atoms with E-state index in [2.05, 4.69) is 15.7 Å². The lowest BCUT2D eigenvalue weighted by molar-refractivity contribution is 0.188. The number of aryl methyl sites for hydroxylation is 1. The zero-order chi connectivity index (χ0) is 12.1. The molecule has 1 fully saturated rings. The number of carbonyl (C=O) groups excluding carboxylic acids is 1. The molecule has 6 heteroatoms. The molecule has 0 bridgehead atoms. The van der Waals surface area contributed by atoms with Crippen LogP contribution in [0.1, 0.15) is 12.0 Å². The van der Waals surface area contributed by atoms with Gasteiger partial charge in [-0.05, 0) is 18.9 Å². The van der Waals surface area contributed by atoms with Crippen LogP contribution in [0, 0.1) is 6.92 Å². The van der Waals surface area contributed by atoms with Crippen molar-refractivity contribution >= 4 is 6.03 Å². The number of aromatic nitrogens is 2. The Bertz CT molecular complexity index is 371. The first kappa shape index (κ1) is 11.9. The van der Waals surface area contributed by atoms with E-state index < -0.39 is 0 Å². The number of nitrogens with zero attached hydrogens (tertiary/aromatic N) is 2. The molecule has 1 saturated heterocycles. The molecule has 0 saturated carbocycles. The van der Waals surface area contributed by atoms with Crippen LogP contribution in [-0.4, -0.2) is 41.6 Å². The highest BCUT2D eigenvalue weighted by Gasteiger charge is 2.17. The average molecular weight is 238 g/mol. The number of hydrogen-bond donors (Lipinski definition) is 2. The zero-order valence-electron chi connectivity index (χ0n) is 9.98. The van der Waals surface area contributed by atoms with Gasteiger partial charge in [0.05, 0.1) is 25.4 Å². The van der Waals surface area contributed by atoms with Gasteiger partial charge in [0.1, 0.15) is 0 Å². The second-order valence-electron chi connectivity index (χ2n) is 4.24. The van der Waals surface area contributed by atoms with Crippen molar-refractivity contribution < 1.29 is 9.53 Å². The Morgan fingerprint density at radius 2 is 2.59 bits per heavy atom. The fourth-order valence-electron chi connectivity index (χ4n) is 1.76. The SMILES string of the molecule is Cc1cnn(CCNC(=O)NC2CCOC2)c1. The second-order valence-corrected chi connectivity index (χ2v) is 4.24. The highest BCUT2D eigenvalue weighted by atomic mass is 16.5. The lowest BCUT2D eigenvalue weighted by atomic mass is 10.3. The molecule has 2 rings (SSSR count). The minimum absolute atomic E-state index is 0.135. The minimum Gasteiger partial charge on any atom is -0.379 e. The van der Waals surface area contributed by atoms with E-state index in [1.54, 1.807) is 6.20 Å². The molecule has 0 radical (unpaired) electrons. The van der Waals surface area contributed by atoms with E-state index in [1.165, 1.54) is 0 Å². The van der Waals surface area contributed by atoms with Gasteiger partial charge in [-0.25, -0.2) is 4.79 Å². The predicted octanol–water partition coefficient (Wildman–Crippen LogP) is 0.280. The number of carbonyl (C=O) groups is 1. The van der Waals surface area contributed by atoms with E-state index in [9.17, 15) is 4.79 Å². The number of nitrogens with one attached hydrogen (secondary N) is 2. The van der Waals surface area contributed by atoms with E-state index >= 15 is 0 Å². The van der Waals surface area contributed by atoms with Gasteiger partial charge in [-0.15, -0.1) is 0 Å². The Kier molecular flexibility index (Phi) is 3.98. The topological polar surface area (TPSA) is 68.2 Å². The maximum absolute atomic E-state index is 11.5. The Labute approximate surface area is 100 Å². The molecule has 6 nitrogen and oxygen atoms in total. The summed E-state index contributed by atoms with van der Waals surface area (Å²) in [5, 5.41) is 9.81. The smallest absolute Gasteiger partial charge is 0.315 e. The summed E-state index contributed by atoms with van der Waals surface area (Å²) in [6.45, 7) is 4.59. The third kappa shape index (κ3) is 3.74. The van der Waals surface area contributed by atoms with Gasteiger partial charge in [0.2, 0.25) is 0 Å². The number of urea groups is 1. The van der Waals surface area contributed by atoms with Crippen LogP contribution in [0.3, 0.4) is 0 Å². The van der Waals surface area contributed by atoms with Crippen molar-refractivity contribution in [2.45, 2.75) is 25.9 Å². The molecule has 17 heavy (non-hydrogen) atoms. The van der Waals surface area contributed by atoms with Crippen LogP contribution in [0.5, 0.6) is 0 Å². The first-order valence-electron chi connectivity index (χ1n) is 5.85. The van der Waals surface area contributed by atoms with Gasteiger partial charge in [0, 0.05) is 19.3 Å². The normalized spacial score (nSPS) is 19.2. The van der Waals surface area contributed by atoms with Gasteiger partial charge >= 0.3 is 6.03 Å². The molecule has 0 spiro atoms. The number of hydrogen-bond acceptors (Lipinski definition) is 3. The molecule has 1 aliphatic rings. The summed E-state index contributed by atoms with van der Waals surface area (Å²) in [5.74, 6) is 0. The van der Waals surface area contributed by atoms with Crippen molar-refractivity contribution in [2.24, 2.45) is 0 Å². The van der Waals surface area contributed by atoms with Crippen molar-refractivity contribution in [2.75, 3.05) is 19.8 Å². The number of rotatable bonds is 4. The van der Waals surface area contributed by atoms with E-state index in [1.807, 2.05) is 17.8 Å². The molecule has 94 valence electrons. The van der Waals surface area contributed by atoms with Gasteiger partial charge in [-0.3, -0.25) is 4.68 Å². The van der Waals surface area contributed by atoms with Crippen molar-refractivity contribution in [3.8, 4) is 0 Å². The van der Waals surface area contributed by atoms with Gasteiger partial charge in [0.25, 0.3) is 0 Å². The first-order chi connectivity index (χ1) is 8.24. The predicted molar refractivity (Wildman–Crippen MR) is 62.7 cm³/mol. The highest BCUT2D eigenvalue weighted by molar-refractivity contribution is 5.74. The summed E-state index contributed by atoms with van der Waals surface area (Å²) >= 11 is 0. The van der Waals surface area contributed by atoms with E-state index in [0.29, 0.717) is 19.7 Å². The highest BCUT2D eigenvalue weighted by Crippen LogP contribution is 2.02. The fraction of sp³-hybridized carbons (Fsp3) is 0.636. The summed E-state index contributed by atoms with van der Waals surface area (Å²) in [5.41, 5.74) is 1.12. The molecule has 0 aliphatic carbocycles. The lowest BCUT2D eigenvalue weighted by Gasteiger charge is -2.11. The maximum Gasteiger partial charge on any atom is 0.315 e. The van der Waals surface area contributed by atoms with E-state index in [4.69, 9.17) is 4.74 Å². The molecule has 1 unspecified atom stereocenters. The van der Waals surface area contributed by atoms with Gasteiger partial charge in [0.15, 0.2) is 0 Å². The van der Waals surface area contributed by atoms with Gasteiger partial charge in [-0.2, -0.15) is 5.10 Å². The Morgan fingerprint density at radius 1 is 1.71 bits per heavy atom. The molecule has 2 heterocycles. The molecular formula is C11H18N4O2. The summed E-state index contributed by atoms with van der Waals surface area (Å²) in [4.78, 5) is 11.5. The molecule has 2 amide bonds. The van der Waals surface area contributed by atoms with Crippen LogP contribution in [-0.2, 0) is 11.3 Å². The molecular weight excluding hydrogens is 220 g/mol. The largest absolute Gasteiger partial charge is 0.379 e. The van der Waals surface area contributed by atoms with Crippen molar-refractivity contribution in [3.05, 3.63) is 18.0 Å². The monoisotopic (exact) mass is 238 g/mol. The average Bonchev–Trinajstić information content (AvgIpc) is 2.90. The Balaban J connectivity index is 1.62. The first-order valence-corrected chi connectivity index (χ1v) is 5.85. The third-order valence-corrected chi connectivity index (χ3v) is 2.65. The van der Waals surface area contributed by atoms with Gasteiger partial charge < -0.3 is 15.4 Å². The second kappa shape index (κ2) is 5.67. The fourth-order valence-corrected chi connectivity index (χ4v) is 1.76. The van der Waals surface area contributed by atoms with Crippen LogP contribution in [0.2, 0.25) is 0 Å². The number of amides is 2. The van der Waals surface area contributed by atoms with Crippen LogP contribution in [0.15, 0.2) is 12.4 Å². The molecule has 1 aromatic rings. The lowest BCUT2D eigenvalue weighted by Crippen LogP contribution is -2.43. The van der Waals surface area contributed by atoms with Gasteiger partial charge in [-0.1, -0.05) is 0 Å². The summed E-state index contributed by atoms with van der Waals surface area (Å²) in [7, 11) is 0. The van der Waals surface area contributed by atoms with E-state index in [-0.39, 0.29) is 12.1 Å².